The van der Waals surface area contributed by atoms with Gasteiger partial charge in [0.2, 0.25) is 0 Å². The molecule has 26 heavy (non-hydrogen) atoms. The summed E-state index contributed by atoms with van der Waals surface area (Å²) in [5.41, 5.74) is 0. The lowest BCUT2D eigenvalue weighted by atomic mass is 9.87. The second-order valence-electron chi connectivity index (χ2n) is 7.27. The Labute approximate surface area is 153 Å². The van der Waals surface area contributed by atoms with Gasteiger partial charge in [-0.25, -0.2) is 4.79 Å². The van der Waals surface area contributed by atoms with Crippen LogP contribution < -0.4 is 5.32 Å². The fraction of sp³-hybridized carbons (Fsp3) is 0.632. The van der Waals surface area contributed by atoms with E-state index in [2.05, 4.69) is 12.2 Å². The van der Waals surface area contributed by atoms with Crippen molar-refractivity contribution in [3.05, 3.63) is 24.2 Å². The number of esters is 1. The zero-order valence-electron chi connectivity index (χ0n) is 15.1. The Morgan fingerprint density at radius 3 is 2.69 bits per heavy atom. The molecule has 2 aliphatic rings. The van der Waals surface area contributed by atoms with Crippen molar-refractivity contribution in [2.75, 3.05) is 13.2 Å². The SMILES string of the molecule is CC1CCC(NC(=O)COC(=O)C2CCCN2C(=O)c2ccco2)CC1. The van der Waals surface area contributed by atoms with Gasteiger partial charge in [0.05, 0.1) is 6.26 Å². The first-order valence-electron chi connectivity index (χ1n) is 9.35. The minimum atomic E-state index is -0.657. The van der Waals surface area contributed by atoms with Gasteiger partial charge < -0.3 is 19.4 Å². The molecule has 0 radical (unpaired) electrons. The molecule has 1 N–H and O–H groups in total. The average Bonchev–Trinajstić information content (AvgIpc) is 3.33. The number of nitrogens with one attached hydrogen (secondary N) is 1. The predicted molar refractivity (Wildman–Crippen MR) is 93.3 cm³/mol. The lowest BCUT2D eigenvalue weighted by molar-refractivity contribution is -0.152. The standard InChI is InChI=1S/C19H26N2O5/c1-13-6-8-14(9-7-13)20-17(22)12-26-19(24)15-4-2-10-21(15)18(23)16-5-3-11-25-16/h3,5,11,13-15H,2,4,6-10,12H2,1H3,(H,20,22). The lowest BCUT2D eigenvalue weighted by Gasteiger charge is -2.27. The van der Waals surface area contributed by atoms with Crippen molar-refractivity contribution >= 4 is 17.8 Å². The third-order valence-corrected chi connectivity index (χ3v) is 5.24. The highest BCUT2D eigenvalue weighted by molar-refractivity contribution is 5.95. The number of amides is 2. The van der Waals surface area contributed by atoms with Crippen LogP contribution in [0.1, 0.15) is 56.0 Å². The van der Waals surface area contributed by atoms with Gasteiger partial charge in [-0.3, -0.25) is 9.59 Å². The number of hydrogen-bond donors (Lipinski definition) is 1. The van der Waals surface area contributed by atoms with Gasteiger partial charge in [0.25, 0.3) is 11.8 Å². The largest absolute Gasteiger partial charge is 0.459 e. The van der Waals surface area contributed by atoms with Crippen molar-refractivity contribution in [3.63, 3.8) is 0 Å². The first-order valence-corrected chi connectivity index (χ1v) is 9.35. The van der Waals surface area contributed by atoms with Crippen LogP contribution in [0.25, 0.3) is 0 Å². The zero-order chi connectivity index (χ0) is 18.5. The number of nitrogens with zero attached hydrogens (tertiary/aromatic N) is 1. The number of ether oxygens (including phenoxy) is 1. The molecule has 2 heterocycles. The van der Waals surface area contributed by atoms with Crippen molar-refractivity contribution in [1.29, 1.82) is 0 Å². The fourth-order valence-corrected chi connectivity index (χ4v) is 3.70. The first kappa shape index (κ1) is 18.5. The summed E-state index contributed by atoms with van der Waals surface area (Å²) in [5, 5.41) is 2.93. The molecule has 0 bridgehead atoms. The summed E-state index contributed by atoms with van der Waals surface area (Å²) >= 11 is 0. The Bertz CT molecular complexity index is 634. The Hall–Kier alpha value is -2.31. The minimum absolute atomic E-state index is 0.168. The van der Waals surface area contributed by atoms with Gasteiger partial charge in [-0.2, -0.15) is 0 Å². The van der Waals surface area contributed by atoms with Gasteiger partial charge in [-0.15, -0.1) is 0 Å². The number of hydrogen-bond acceptors (Lipinski definition) is 5. The lowest BCUT2D eigenvalue weighted by Crippen LogP contribution is -2.43. The molecule has 1 aromatic rings. The maximum Gasteiger partial charge on any atom is 0.329 e. The molecule has 1 unspecified atom stereocenters. The van der Waals surface area contributed by atoms with Crippen LogP contribution in [0.3, 0.4) is 0 Å². The summed E-state index contributed by atoms with van der Waals surface area (Å²) in [4.78, 5) is 38.2. The highest BCUT2D eigenvalue weighted by Gasteiger charge is 2.36. The van der Waals surface area contributed by atoms with Crippen LogP contribution in [-0.2, 0) is 14.3 Å². The molecular formula is C19H26N2O5. The molecule has 1 saturated heterocycles. The van der Waals surface area contributed by atoms with Gasteiger partial charge in [0.15, 0.2) is 12.4 Å². The van der Waals surface area contributed by atoms with E-state index in [1.54, 1.807) is 12.1 Å². The van der Waals surface area contributed by atoms with Crippen LogP contribution in [0.4, 0.5) is 0 Å². The van der Waals surface area contributed by atoms with E-state index in [0.717, 1.165) is 32.1 Å². The van der Waals surface area contributed by atoms with Crippen LogP contribution in [0.5, 0.6) is 0 Å². The predicted octanol–water partition coefficient (Wildman–Crippen LogP) is 2.12. The normalized spacial score (nSPS) is 25.7. The monoisotopic (exact) mass is 362 g/mol. The molecule has 0 aromatic carbocycles. The number of carbonyl (C=O) groups is 3. The van der Waals surface area contributed by atoms with Gasteiger partial charge in [-0.1, -0.05) is 6.92 Å². The Morgan fingerprint density at radius 1 is 1.23 bits per heavy atom. The second kappa shape index (κ2) is 8.38. The molecule has 7 heteroatoms. The van der Waals surface area contributed by atoms with Crippen LogP contribution in [0, 0.1) is 5.92 Å². The van der Waals surface area contributed by atoms with E-state index in [1.165, 1.54) is 11.2 Å². The second-order valence-corrected chi connectivity index (χ2v) is 7.27. The van der Waals surface area contributed by atoms with Gasteiger partial charge >= 0.3 is 5.97 Å². The first-order chi connectivity index (χ1) is 12.5. The zero-order valence-corrected chi connectivity index (χ0v) is 15.1. The molecule has 1 aliphatic carbocycles. The van der Waals surface area contributed by atoms with Crippen LogP contribution in [0.2, 0.25) is 0 Å². The Kier molecular flexibility index (Phi) is 5.96. The van der Waals surface area contributed by atoms with Gasteiger partial charge in [0, 0.05) is 12.6 Å². The Morgan fingerprint density at radius 2 is 2.00 bits per heavy atom. The van der Waals surface area contributed by atoms with Gasteiger partial charge in [-0.05, 0) is 56.6 Å². The minimum Gasteiger partial charge on any atom is -0.459 e. The van der Waals surface area contributed by atoms with Crippen LogP contribution in [0.15, 0.2) is 22.8 Å². The topological polar surface area (TPSA) is 88.9 Å². The molecule has 2 fully saturated rings. The van der Waals surface area contributed by atoms with E-state index >= 15 is 0 Å². The summed E-state index contributed by atoms with van der Waals surface area (Å²) in [5.74, 6) is -0.222. The van der Waals surface area contributed by atoms with E-state index in [4.69, 9.17) is 9.15 Å². The van der Waals surface area contributed by atoms with Gasteiger partial charge in [0.1, 0.15) is 6.04 Å². The third kappa shape index (κ3) is 4.45. The molecule has 1 atom stereocenters. The molecule has 0 spiro atoms. The van der Waals surface area contributed by atoms with E-state index in [1.807, 2.05) is 0 Å². The van der Waals surface area contributed by atoms with Crippen molar-refractivity contribution in [2.45, 2.75) is 57.5 Å². The maximum absolute atomic E-state index is 12.4. The fourth-order valence-electron chi connectivity index (χ4n) is 3.70. The molecule has 1 aromatic heterocycles. The highest BCUT2D eigenvalue weighted by atomic mass is 16.5. The van der Waals surface area contributed by atoms with E-state index in [9.17, 15) is 14.4 Å². The molecule has 1 aliphatic heterocycles. The quantitative estimate of drug-likeness (QED) is 0.811. The third-order valence-electron chi connectivity index (χ3n) is 5.24. The molecule has 7 nitrogen and oxygen atoms in total. The van der Waals surface area contributed by atoms with E-state index < -0.39 is 12.0 Å². The number of furan rings is 1. The summed E-state index contributed by atoms with van der Waals surface area (Å²) in [6.45, 7) is 2.40. The molecule has 1 saturated carbocycles. The molecule has 142 valence electrons. The molecule has 2 amide bonds. The average molecular weight is 362 g/mol. The van der Waals surface area contributed by atoms with Crippen molar-refractivity contribution < 1.29 is 23.5 Å². The summed E-state index contributed by atoms with van der Waals surface area (Å²) in [6.07, 6.45) is 6.83. The molecular weight excluding hydrogens is 336 g/mol. The number of rotatable bonds is 5. The van der Waals surface area contributed by atoms with Crippen molar-refractivity contribution in [1.82, 2.24) is 10.2 Å². The number of likely N-dealkylation sites (tertiary alicyclic amines) is 1. The Balaban J connectivity index is 1.46. The summed E-state index contributed by atoms with van der Waals surface area (Å²) in [6, 6.07) is 2.71. The maximum atomic E-state index is 12.4. The van der Waals surface area contributed by atoms with E-state index in [0.29, 0.717) is 18.9 Å². The van der Waals surface area contributed by atoms with Crippen molar-refractivity contribution in [3.8, 4) is 0 Å². The highest BCUT2D eigenvalue weighted by Crippen LogP contribution is 2.24. The number of carbonyl (C=O) groups excluding carboxylic acids is 3. The van der Waals surface area contributed by atoms with Crippen molar-refractivity contribution in [2.24, 2.45) is 5.92 Å². The smallest absolute Gasteiger partial charge is 0.329 e. The molecule has 3 rings (SSSR count). The summed E-state index contributed by atoms with van der Waals surface area (Å²) < 4.78 is 10.3. The summed E-state index contributed by atoms with van der Waals surface area (Å²) in [7, 11) is 0. The van der Waals surface area contributed by atoms with E-state index in [-0.39, 0.29) is 30.2 Å². The van der Waals surface area contributed by atoms with Crippen LogP contribution in [-0.4, -0.2) is 47.9 Å². The van der Waals surface area contributed by atoms with Crippen LogP contribution >= 0.6 is 0 Å².